The number of halogens is 2. The van der Waals surface area contributed by atoms with Crippen molar-refractivity contribution >= 4 is 11.6 Å². The molecule has 0 amide bonds. The summed E-state index contributed by atoms with van der Waals surface area (Å²) in [5.41, 5.74) is 1.74. The first kappa shape index (κ1) is 14.8. The standard InChI is InChI=1S/C16H16ClFO2/c1-20-16-7-4-13(17)9-12(16)10-15(19)8-11-2-5-14(18)6-3-11/h2-7,9,15,19H,8,10H2,1H3. The van der Waals surface area contributed by atoms with Crippen molar-refractivity contribution in [3.63, 3.8) is 0 Å². The van der Waals surface area contributed by atoms with Crippen LogP contribution in [0.5, 0.6) is 5.75 Å². The van der Waals surface area contributed by atoms with Gasteiger partial charge in [0.2, 0.25) is 0 Å². The second-order valence-corrected chi connectivity index (χ2v) is 5.08. The summed E-state index contributed by atoms with van der Waals surface area (Å²) in [6.45, 7) is 0. The second-order valence-electron chi connectivity index (χ2n) is 4.64. The van der Waals surface area contributed by atoms with E-state index in [2.05, 4.69) is 0 Å². The van der Waals surface area contributed by atoms with Gasteiger partial charge >= 0.3 is 0 Å². The van der Waals surface area contributed by atoms with Gasteiger partial charge in [-0.15, -0.1) is 0 Å². The van der Waals surface area contributed by atoms with Gasteiger partial charge in [-0.25, -0.2) is 4.39 Å². The molecular weight excluding hydrogens is 279 g/mol. The van der Waals surface area contributed by atoms with Crippen molar-refractivity contribution in [2.45, 2.75) is 18.9 Å². The average Bonchev–Trinajstić information content (AvgIpc) is 2.41. The average molecular weight is 295 g/mol. The molecule has 0 aliphatic heterocycles. The van der Waals surface area contributed by atoms with E-state index in [9.17, 15) is 9.50 Å². The van der Waals surface area contributed by atoms with Crippen LogP contribution in [-0.4, -0.2) is 18.3 Å². The third-order valence-electron chi connectivity index (χ3n) is 3.08. The molecule has 0 bridgehead atoms. The first-order valence-corrected chi connectivity index (χ1v) is 6.71. The van der Waals surface area contributed by atoms with E-state index in [0.29, 0.717) is 23.6 Å². The summed E-state index contributed by atoms with van der Waals surface area (Å²) in [7, 11) is 1.58. The molecule has 1 unspecified atom stereocenters. The van der Waals surface area contributed by atoms with Gasteiger partial charge in [-0.2, -0.15) is 0 Å². The van der Waals surface area contributed by atoms with E-state index in [1.807, 2.05) is 0 Å². The Morgan fingerprint density at radius 1 is 1.15 bits per heavy atom. The van der Waals surface area contributed by atoms with Gasteiger partial charge in [-0.1, -0.05) is 23.7 Å². The Morgan fingerprint density at radius 3 is 2.50 bits per heavy atom. The minimum absolute atomic E-state index is 0.278. The normalized spacial score (nSPS) is 12.2. The third-order valence-corrected chi connectivity index (χ3v) is 3.32. The second kappa shape index (κ2) is 6.73. The molecule has 2 nitrogen and oxygen atoms in total. The zero-order valence-corrected chi connectivity index (χ0v) is 11.9. The van der Waals surface area contributed by atoms with Crippen LogP contribution in [0.1, 0.15) is 11.1 Å². The molecule has 1 N–H and O–H groups in total. The molecule has 0 fully saturated rings. The maximum atomic E-state index is 12.8. The van der Waals surface area contributed by atoms with Crippen LogP contribution >= 0.6 is 11.6 Å². The van der Waals surface area contributed by atoms with Crippen LogP contribution in [0.25, 0.3) is 0 Å². The quantitative estimate of drug-likeness (QED) is 0.912. The molecule has 0 saturated carbocycles. The fourth-order valence-electron chi connectivity index (χ4n) is 2.13. The van der Waals surface area contributed by atoms with E-state index in [4.69, 9.17) is 16.3 Å². The zero-order valence-electron chi connectivity index (χ0n) is 11.1. The summed E-state index contributed by atoms with van der Waals surface area (Å²) in [5.74, 6) is 0.423. The van der Waals surface area contributed by atoms with Crippen molar-refractivity contribution < 1.29 is 14.2 Å². The van der Waals surface area contributed by atoms with E-state index < -0.39 is 6.10 Å². The molecule has 0 heterocycles. The molecule has 2 aromatic carbocycles. The van der Waals surface area contributed by atoms with Gasteiger partial charge < -0.3 is 9.84 Å². The predicted molar refractivity (Wildman–Crippen MR) is 77.8 cm³/mol. The minimum Gasteiger partial charge on any atom is -0.496 e. The number of aliphatic hydroxyl groups excluding tert-OH is 1. The summed E-state index contributed by atoms with van der Waals surface area (Å²) in [6, 6.07) is 11.4. The number of ether oxygens (including phenoxy) is 1. The molecule has 0 aliphatic rings. The molecule has 20 heavy (non-hydrogen) atoms. The lowest BCUT2D eigenvalue weighted by molar-refractivity contribution is 0.174. The maximum absolute atomic E-state index is 12.8. The van der Waals surface area contributed by atoms with Crippen molar-refractivity contribution in [2.24, 2.45) is 0 Å². The van der Waals surface area contributed by atoms with Gasteiger partial charge in [0, 0.05) is 11.4 Å². The molecule has 2 rings (SSSR count). The number of benzene rings is 2. The molecule has 0 spiro atoms. The van der Waals surface area contributed by atoms with Crippen LogP contribution in [-0.2, 0) is 12.8 Å². The summed E-state index contributed by atoms with van der Waals surface area (Å²) < 4.78 is 18.1. The molecule has 4 heteroatoms. The van der Waals surface area contributed by atoms with Gasteiger partial charge in [-0.05, 0) is 47.9 Å². The molecule has 0 saturated heterocycles. The lowest BCUT2D eigenvalue weighted by atomic mass is 10.0. The highest BCUT2D eigenvalue weighted by Gasteiger charge is 2.11. The van der Waals surface area contributed by atoms with E-state index >= 15 is 0 Å². The van der Waals surface area contributed by atoms with Crippen LogP contribution in [0.4, 0.5) is 4.39 Å². The molecule has 0 aromatic heterocycles. The Labute approximate surface area is 122 Å². The van der Waals surface area contributed by atoms with E-state index in [-0.39, 0.29) is 5.82 Å². The Bertz CT molecular complexity index is 569. The Hall–Kier alpha value is -1.58. The molecular formula is C16H16ClFO2. The first-order chi connectivity index (χ1) is 9.58. The lowest BCUT2D eigenvalue weighted by Gasteiger charge is -2.14. The van der Waals surface area contributed by atoms with Crippen LogP contribution in [0, 0.1) is 5.82 Å². The fraction of sp³-hybridized carbons (Fsp3) is 0.250. The van der Waals surface area contributed by atoms with E-state index in [1.165, 1.54) is 12.1 Å². The van der Waals surface area contributed by atoms with E-state index in [1.54, 1.807) is 37.4 Å². The molecule has 106 valence electrons. The summed E-state index contributed by atoms with van der Waals surface area (Å²) in [6.07, 6.45) is 0.310. The van der Waals surface area contributed by atoms with Crippen molar-refractivity contribution in [3.8, 4) is 5.75 Å². The number of hydrogen-bond acceptors (Lipinski definition) is 2. The van der Waals surface area contributed by atoms with Gasteiger partial charge in [0.1, 0.15) is 11.6 Å². The largest absolute Gasteiger partial charge is 0.496 e. The van der Waals surface area contributed by atoms with Crippen molar-refractivity contribution in [3.05, 3.63) is 64.4 Å². The fourth-order valence-corrected chi connectivity index (χ4v) is 2.32. The SMILES string of the molecule is COc1ccc(Cl)cc1CC(O)Cc1ccc(F)cc1. The Morgan fingerprint density at radius 2 is 1.85 bits per heavy atom. The summed E-state index contributed by atoms with van der Waals surface area (Å²) >= 11 is 5.96. The Balaban J connectivity index is 2.05. The van der Waals surface area contributed by atoms with Gasteiger partial charge in [-0.3, -0.25) is 0 Å². The minimum atomic E-state index is -0.576. The predicted octanol–water partition coefficient (Wildman–Crippen LogP) is 3.63. The van der Waals surface area contributed by atoms with E-state index in [0.717, 1.165) is 11.1 Å². The van der Waals surface area contributed by atoms with Crippen molar-refractivity contribution in [1.29, 1.82) is 0 Å². The highest BCUT2D eigenvalue weighted by atomic mass is 35.5. The Kier molecular flexibility index (Phi) is 4.99. The van der Waals surface area contributed by atoms with Crippen molar-refractivity contribution in [2.75, 3.05) is 7.11 Å². The monoisotopic (exact) mass is 294 g/mol. The van der Waals surface area contributed by atoms with Crippen LogP contribution in [0.15, 0.2) is 42.5 Å². The summed E-state index contributed by atoms with van der Waals surface area (Å²) in [5, 5.41) is 10.8. The molecule has 0 aliphatic carbocycles. The summed E-state index contributed by atoms with van der Waals surface area (Å²) in [4.78, 5) is 0. The molecule has 2 aromatic rings. The lowest BCUT2D eigenvalue weighted by Crippen LogP contribution is -2.14. The van der Waals surface area contributed by atoms with Crippen LogP contribution in [0.2, 0.25) is 5.02 Å². The smallest absolute Gasteiger partial charge is 0.123 e. The molecule has 0 radical (unpaired) electrons. The number of aliphatic hydroxyl groups is 1. The zero-order chi connectivity index (χ0) is 14.5. The topological polar surface area (TPSA) is 29.5 Å². The van der Waals surface area contributed by atoms with Gasteiger partial charge in [0.15, 0.2) is 0 Å². The van der Waals surface area contributed by atoms with Gasteiger partial charge in [0.25, 0.3) is 0 Å². The number of rotatable bonds is 5. The number of methoxy groups -OCH3 is 1. The maximum Gasteiger partial charge on any atom is 0.123 e. The first-order valence-electron chi connectivity index (χ1n) is 6.33. The van der Waals surface area contributed by atoms with Gasteiger partial charge in [0.05, 0.1) is 13.2 Å². The van der Waals surface area contributed by atoms with Crippen LogP contribution in [0.3, 0.4) is 0 Å². The molecule has 1 atom stereocenters. The highest BCUT2D eigenvalue weighted by Crippen LogP contribution is 2.24. The third kappa shape index (κ3) is 3.95. The van der Waals surface area contributed by atoms with Crippen molar-refractivity contribution in [1.82, 2.24) is 0 Å². The van der Waals surface area contributed by atoms with Crippen LogP contribution < -0.4 is 4.74 Å². The highest BCUT2D eigenvalue weighted by molar-refractivity contribution is 6.30. The number of hydrogen-bond donors (Lipinski definition) is 1.